The summed E-state index contributed by atoms with van der Waals surface area (Å²) in [5.41, 5.74) is -0.182. The van der Waals surface area contributed by atoms with Gasteiger partial charge in [-0.25, -0.2) is 5.10 Å². The molecule has 0 bridgehead atoms. The molecule has 0 aliphatic rings. The number of ether oxygens (including phenoxy) is 1. The van der Waals surface area contributed by atoms with Gasteiger partial charge in [-0.1, -0.05) is 25.5 Å². The summed E-state index contributed by atoms with van der Waals surface area (Å²) >= 11 is 0. The first-order valence-electron chi connectivity index (χ1n) is 5.43. The van der Waals surface area contributed by atoms with Crippen LogP contribution in [0, 0.1) is 0 Å². The Morgan fingerprint density at radius 1 is 1.31 bits per heavy atom. The number of hydrogen-bond acceptors (Lipinski definition) is 3. The van der Waals surface area contributed by atoms with Gasteiger partial charge in [0, 0.05) is 0 Å². The minimum Gasteiger partial charge on any atom is -0.476 e. The molecule has 0 atom stereocenters. The van der Waals surface area contributed by atoms with Crippen molar-refractivity contribution in [2.24, 2.45) is 0 Å². The molecule has 1 N–H and O–H groups in total. The van der Waals surface area contributed by atoms with Gasteiger partial charge in [-0.05, 0) is 18.6 Å². The van der Waals surface area contributed by atoms with Crippen molar-refractivity contribution in [1.82, 2.24) is 10.2 Å². The Bertz CT molecular complexity index is 534. The lowest BCUT2D eigenvalue weighted by molar-refractivity contribution is 0.298. The second kappa shape index (κ2) is 4.79. The third kappa shape index (κ3) is 2.05. The minimum atomic E-state index is -0.182. The molecule has 0 unspecified atom stereocenters. The average Bonchev–Trinajstić information content (AvgIpc) is 2.33. The van der Waals surface area contributed by atoms with E-state index >= 15 is 0 Å². The molecule has 4 nitrogen and oxygen atoms in total. The van der Waals surface area contributed by atoms with E-state index in [1.165, 1.54) is 0 Å². The fraction of sp³-hybridized carbons (Fsp3) is 0.333. The fourth-order valence-corrected chi connectivity index (χ4v) is 1.51. The topological polar surface area (TPSA) is 55.0 Å². The number of H-pyrrole nitrogens is 1. The normalized spacial score (nSPS) is 10.6. The molecule has 1 aromatic heterocycles. The molecule has 0 fully saturated rings. The molecule has 1 heterocycles. The summed E-state index contributed by atoms with van der Waals surface area (Å²) < 4.78 is 5.53. The van der Waals surface area contributed by atoms with E-state index in [1.807, 2.05) is 18.2 Å². The molecule has 0 aliphatic heterocycles. The van der Waals surface area contributed by atoms with Crippen molar-refractivity contribution in [2.45, 2.75) is 19.8 Å². The van der Waals surface area contributed by atoms with Gasteiger partial charge in [-0.15, -0.1) is 5.10 Å². The lowest BCUT2D eigenvalue weighted by Gasteiger charge is -2.06. The van der Waals surface area contributed by atoms with E-state index in [2.05, 4.69) is 17.1 Å². The summed E-state index contributed by atoms with van der Waals surface area (Å²) in [4.78, 5) is 11.5. The molecule has 0 amide bonds. The summed E-state index contributed by atoms with van der Waals surface area (Å²) in [5.74, 6) is 0.503. The van der Waals surface area contributed by atoms with Gasteiger partial charge in [-0.2, -0.15) is 0 Å². The first kappa shape index (κ1) is 10.7. The van der Waals surface area contributed by atoms with E-state index in [9.17, 15) is 4.79 Å². The highest BCUT2D eigenvalue weighted by molar-refractivity contribution is 5.85. The smallest absolute Gasteiger partial charge is 0.272 e. The number of nitrogens with one attached hydrogen (secondary N) is 1. The van der Waals surface area contributed by atoms with E-state index in [1.54, 1.807) is 6.07 Å². The monoisotopic (exact) mass is 218 g/mol. The van der Waals surface area contributed by atoms with Crippen LogP contribution in [0.4, 0.5) is 0 Å². The van der Waals surface area contributed by atoms with E-state index in [4.69, 9.17) is 4.74 Å². The van der Waals surface area contributed by atoms with Crippen LogP contribution in [0.25, 0.3) is 10.8 Å². The zero-order valence-corrected chi connectivity index (χ0v) is 9.19. The van der Waals surface area contributed by atoms with Crippen molar-refractivity contribution >= 4 is 10.8 Å². The number of fused-ring (bicyclic) bond motifs is 1. The second-order valence-electron chi connectivity index (χ2n) is 3.61. The summed E-state index contributed by atoms with van der Waals surface area (Å²) in [7, 11) is 0. The van der Waals surface area contributed by atoms with E-state index in [-0.39, 0.29) is 5.56 Å². The highest BCUT2D eigenvalue weighted by Crippen LogP contribution is 2.18. The number of aromatic nitrogens is 2. The molecule has 2 aromatic rings. The fourth-order valence-electron chi connectivity index (χ4n) is 1.51. The molecule has 2 rings (SSSR count). The maximum atomic E-state index is 11.5. The maximum Gasteiger partial charge on any atom is 0.272 e. The Hall–Kier alpha value is -1.84. The second-order valence-corrected chi connectivity index (χ2v) is 3.61. The number of unbranched alkanes of at least 4 members (excludes halogenated alkanes) is 1. The van der Waals surface area contributed by atoms with Crippen LogP contribution in [0.3, 0.4) is 0 Å². The zero-order valence-electron chi connectivity index (χ0n) is 9.19. The standard InChI is InChI=1S/C12H14N2O2/c1-2-3-8-16-12-10-7-5-4-6-9(10)11(15)13-14-12/h4-7H,2-3,8H2,1H3,(H,13,15). The van der Waals surface area contributed by atoms with E-state index in [0.717, 1.165) is 18.2 Å². The van der Waals surface area contributed by atoms with Crippen molar-refractivity contribution in [2.75, 3.05) is 6.61 Å². The Balaban J connectivity index is 2.38. The van der Waals surface area contributed by atoms with Crippen LogP contribution >= 0.6 is 0 Å². The zero-order chi connectivity index (χ0) is 11.4. The van der Waals surface area contributed by atoms with Gasteiger partial charge in [0.1, 0.15) is 0 Å². The van der Waals surface area contributed by atoms with Gasteiger partial charge in [0.05, 0.1) is 17.4 Å². The Labute approximate surface area is 93.3 Å². The molecular formula is C12H14N2O2. The Kier molecular flexibility index (Phi) is 3.19. The molecule has 0 spiro atoms. The third-order valence-corrected chi connectivity index (χ3v) is 2.40. The van der Waals surface area contributed by atoms with Crippen molar-refractivity contribution in [3.63, 3.8) is 0 Å². The number of nitrogens with zero attached hydrogens (tertiary/aromatic N) is 1. The molecule has 16 heavy (non-hydrogen) atoms. The summed E-state index contributed by atoms with van der Waals surface area (Å²) in [6.45, 7) is 2.72. The first-order valence-corrected chi connectivity index (χ1v) is 5.43. The van der Waals surface area contributed by atoms with Crippen molar-refractivity contribution in [3.05, 3.63) is 34.6 Å². The molecule has 84 valence electrons. The Morgan fingerprint density at radius 2 is 2.06 bits per heavy atom. The maximum absolute atomic E-state index is 11.5. The number of hydrogen-bond donors (Lipinski definition) is 1. The molecule has 4 heteroatoms. The van der Waals surface area contributed by atoms with Crippen LogP contribution in [0.5, 0.6) is 5.88 Å². The Morgan fingerprint density at radius 3 is 2.81 bits per heavy atom. The highest BCUT2D eigenvalue weighted by atomic mass is 16.5. The molecule has 0 radical (unpaired) electrons. The van der Waals surface area contributed by atoms with Gasteiger partial charge >= 0.3 is 0 Å². The molecule has 0 saturated heterocycles. The lowest BCUT2D eigenvalue weighted by Crippen LogP contribution is -2.10. The average molecular weight is 218 g/mol. The largest absolute Gasteiger partial charge is 0.476 e. The van der Waals surface area contributed by atoms with Gasteiger partial charge in [0.15, 0.2) is 0 Å². The predicted molar refractivity (Wildman–Crippen MR) is 62.8 cm³/mol. The third-order valence-electron chi connectivity index (χ3n) is 2.40. The van der Waals surface area contributed by atoms with Crippen LogP contribution in [-0.4, -0.2) is 16.8 Å². The SMILES string of the molecule is CCCCOc1n[nH]c(=O)c2ccccc12. The molecule has 0 saturated carbocycles. The summed E-state index contributed by atoms with van der Waals surface area (Å²) in [5, 5.41) is 7.74. The van der Waals surface area contributed by atoms with Crippen molar-refractivity contribution in [1.29, 1.82) is 0 Å². The van der Waals surface area contributed by atoms with Crippen LogP contribution < -0.4 is 10.3 Å². The van der Waals surface area contributed by atoms with Crippen LogP contribution in [0.2, 0.25) is 0 Å². The molecule has 1 aromatic carbocycles. The van der Waals surface area contributed by atoms with Crippen molar-refractivity contribution < 1.29 is 4.74 Å². The van der Waals surface area contributed by atoms with Gasteiger partial charge in [0.2, 0.25) is 5.88 Å². The number of benzene rings is 1. The highest BCUT2D eigenvalue weighted by Gasteiger charge is 2.05. The van der Waals surface area contributed by atoms with Crippen LogP contribution in [0.15, 0.2) is 29.1 Å². The summed E-state index contributed by atoms with van der Waals surface area (Å²) in [6.07, 6.45) is 2.05. The van der Waals surface area contributed by atoms with Crippen LogP contribution in [0.1, 0.15) is 19.8 Å². The summed E-state index contributed by atoms with van der Waals surface area (Å²) in [6, 6.07) is 7.31. The predicted octanol–water partition coefficient (Wildman–Crippen LogP) is 2.10. The minimum absolute atomic E-state index is 0.182. The van der Waals surface area contributed by atoms with Crippen molar-refractivity contribution in [3.8, 4) is 5.88 Å². The van der Waals surface area contributed by atoms with Gasteiger partial charge < -0.3 is 4.74 Å². The molecule has 0 aliphatic carbocycles. The van der Waals surface area contributed by atoms with Gasteiger partial charge in [-0.3, -0.25) is 4.79 Å². The van der Waals surface area contributed by atoms with E-state index in [0.29, 0.717) is 17.9 Å². The first-order chi connectivity index (χ1) is 7.83. The number of aromatic amines is 1. The molecular weight excluding hydrogens is 204 g/mol. The quantitative estimate of drug-likeness (QED) is 0.799. The van der Waals surface area contributed by atoms with Gasteiger partial charge in [0.25, 0.3) is 5.56 Å². The lowest BCUT2D eigenvalue weighted by atomic mass is 10.2. The van der Waals surface area contributed by atoms with Crippen LogP contribution in [-0.2, 0) is 0 Å². The number of rotatable bonds is 4. The van der Waals surface area contributed by atoms with E-state index < -0.39 is 0 Å².